The number of thiophene rings is 1. The van der Waals surface area contributed by atoms with Crippen LogP contribution in [-0.4, -0.2) is 49.5 Å². The lowest BCUT2D eigenvalue weighted by atomic mass is 9.84. The van der Waals surface area contributed by atoms with E-state index in [-0.39, 0.29) is 25.6 Å². The Balaban J connectivity index is 1.43. The SMILES string of the molecule is COc1cc(C(=O)NCC(=O)N/N=C(\CC2CCCCC2)c2csc3c(F)cccc23)ccc1OCCO. The van der Waals surface area contributed by atoms with Crippen LogP contribution < -0.4 is 20.2 Å². The van der Waals surface area contributed by atoms with E-state index in [0.717, 1.165) is 29.5 Å². The summed E-state index contributed by atoms with van der Waals surface area (Å²) in [6.45, 7) is -0.324. The number of amides is 2. The van der Waals surface area contributed by atoms with Crippen LogP contribution >= 0.6 is 11.3 Å². The maximum atomic E-state index is 14.3. The highest BCUT2D eigenvalue weighted by Gasteiger charge is 2.20. The van der Waals surface area contributed by atoms with E-state index in [0.29, 0.717) is 34.1 Å². The Bertz CT molecular complexity index is 1300. The molecule has 38 heavy (non-hydrogen) atoms. The number of nitrogens with one attached hydrogen (secondary N) is 2. The number of carbonyl (C=O) groups is 2. The van der Waals surface area contributed by atoms with Crippen LogP contribution in [0.4, 0.5) is 4.39 Å². The highest BCUT2D eigenvalue weighted by Crippen LogP contribution is 2.33. The minimum Gasteiger partial charge on any atom is -0.493 e. The monoisotopic (exact) mass is 541 g/mol. The van der Waals surface area contributed by atoms with Gasteiger partial charge in [0.1, 0.15) is 12.4 Å². The Morgan fingerprint density at radius 1 is 1.16 bits per heavy atom. The van der Waals surface area contributed by atoms with Crippen molar-refractivity contribution in [1.82, 2.24) is 10.7 Å². The molecule has 8 nitrogen and oxygen atoms in total. The molecule has 3 aromatic rings. The predicted octanol–water partition coefficient (Wildman–Crippen LogP) is 4.64. The maximum absolute atomic E-state index is 14.3. The van der Waals surface area contributed by atoms with Gasteiger partial charge in [-0.05, 0) is 36.6 Å². The van der Waals surface area contributed by atoms with E-state index in [1.165, 1.54) is 49.8 Å². The number of carbonyl (C=O) groups excluding carboxylic acids is 2. The molecule has 0 bridgehead atoms. The summed E-state index contributed by atoms with van der Waals surface area (Å²) in [5.41, 5.74) is 4.42. The van der Waals surface area contributed by atoms with Crippen LogP contribution in [0.1, 0.15) is 54.4 Å². The van der Waals surface area contributed by atoms with Gasteiger partial charge in [-0.3, -0.25) is 9.59 Å². The van der Waals surface area contributed by atoms with Gasteiger partial charge in [0.25, 0.3) is 11.8 Å². The fourth-order valence-corrected chi connectivity index (χ4v) is 5.63. The number of fused-ring (bicyclic) bond motifs is 1. The molecule has 1 aliphatic carbocycles. The van der Waals surface area contributed by atoms with Gasteiger partial charge in [-0.25, -0.2) is 9.82 Å². The zero-order valence-corrected chi connectivity index (χ0v) is 22.1. The number of aliphatic hydroxyl groups excluding tert-OH is 1. The molecular formula is C28H32FN3O5S. The van der Waals surface area contributed by atoms with Crippen LogP contribution in [0.2, 0.25) is 0 Å². The van der Waals surface area contributed by atoms with Gasteiger partial charge >= 0.3 is 0 Å². The van der Waals surface area contributed by atoms with Crippen molar-refractivity contribution in [2.75, 3.05) is 26.9 Å². The third-order valence-electron chi connectivity index (χ3n) is 6.57. The number of aliphatic hydroxyl groups is 1. The molecule has 1 fully saturated rings. The second-order valence-corrected chi connectivity index (χ2v) is 10.1. The molecule has 2 aromatic carbocycles. The zero-order valence-electron chi connectivity index (χ0n) is 21.3. The minimum absolute atomic E-state index is 0.0987. The third-order valence-corrected chi connectivity index (χ3v) is 7.57. The molecule has 1 saturated carbocycles. The molecule has 4 rings (SSSR count). The maximum Gasteiger partial charge on any atom is 0.259 e. The van der Waals surface area contributed by atoms with Crippen molar-refractivity contribution >= 4 is 38.9 Å². The molecule has 0 saturated heterocycles. The van der Waals surface area contributed by atoms with E-state index in [2.05, 4.69) is 15.8 Å². The molecule has 0 radical (unpaired) electrons. The predicted molar refractivity (Wildman–Crippen MR) is 146 cm³/mol. The first-order valence-corrected chi connectivity index (χ1v) is 13.6. The Morgan fingerprint density at radius 3 is 2.74 bits per heavy atom. The molecule has 0 atom stereocenters. The summed E-state index contributed by atoms with van der Waals surface area (Å²) in [4.78, 5) is 25.2. The van der Waals surface area contributed by atoms with Gasteiger partial charge in [0.15, 0.2) is 11.5 Å². The van der Waals surface area contributed by atoms with E-state index in [1.807, 2.05) is 11.4 Å². The van der Waals surface area contributed by atoms with Crippen molar-refractivity contribution in [3.05, 3.63) is 58.7 Å². The van der Waals surface area contributed by atoms with Crippen LogP contribution in [0, 0.1) is 11.7 Å². The van der Waals surface area contributed by atoms with Gasteiger partial charge in [0.05, 0.1) is 30.7 Å². The number of halogens is 1. The normalized spacial score (nSPS) is 14.3. The number of hydrazone groups is 1. The molecule has 1 aromatic heterocycles. The number of hydrogen-bond acceptors (Lipinski definition) is 7. The largest absolute Gasteiger partial charge is 0.493 e. The Morgan fingerprint density at radius 2 is 1.97 bits per heavy atom. The summed E-state index contributed by atoms with van der Waals surface area (Å²) < 4.78 is 25.5. The molecule has 2 amide bonds. The Labute approximate surface area is 224 Å². The van der Waals surface area contributed by atoms with E-state index in [9.17, 15) is 14.0 Å². The van der Waals surface area contributed by atoms with Gasteiger partial charge < -0.3 is 19.9 Å². The average molecular weight is 542 g/mol. The quantitative estimate of drug-likeness (QED) is 0.242. The first kappa shape index (κ1) is 27.5. The second kappa shape index (κ2) is 13.3. The first-order valence-electron chi connectivity index (χ1n) is 12.7. The topological polar surface area (TPSA) is 109 Å². The number of hydrogen-bond donors (Lipinski definition) is 3. The molecule has 3 N–H and O–H groups in total. The van der Waals surface area contributed by atoms with Crippen LogP contribution in [-0.2, 0) is 4.79 Å². The van der Waals surface area contributed by atoms with Crippen LogP contribution in [0.3, 0.4) is 0 Å². The average Bonchev–Trinajstić information content (AvgIpc) is 3.38. The van der Waals surface area contributed by atoms with E-state index in [4.69, 9.17) is 14.6 Å². The van der Waals surface area contributed by atoms with Crippen LogP contribution in [0.5, 0.6) is 11.5 Å². The summed E-state index contributed by atoms with van der Waals surface area (Å²) in [7, 11) is 1.45. The van der Waals surface area contributed by atoms with Crippen molar-refractivity contribution in [3.63, 3.8) is 0 Å². The Hall–Kier alpha value is -3.50. The summed E-state index contributed by atoms with van der Waals surface area (Å²) in [6, 6.07) is 9.61. The zero-order chi connectivity index (χ0) is 26.9. The molecular weight excluding hydrogens is 509 g/mol. The second-order valence-electron chi connectivity index (χ2n) is 9.19. The summed E-state index contributed by atoms with van der Waals surface area (Å²) in [5, 5.41) is 18.7. The van der Waals surface area contributed by atoms with E-state index in [1.54, 1.807) is 18.2 Å². The summed E-state index contributed by atoms with van der Waals surface area (Å²) in [6.07, 6.45) is 6.48. The first-order chi connectivity index (χ1) is 18.5. The summed E-state index contributed by atoms with van der Waals surface area (Å²) >= 11 is 1.33. The van der Waals surface area contributed by atoms with Crippen molar-refractivity contribution in [2.24, 2.45) is 11.0 Å². The molecule has 0 spiro atoms. The fourth-order valence-electron chi connectivity index (χ4n) is 4.64. The number of methoxy groups -OCH3 is 1. The smallest absolute Gasteiger partial charge is 0.259 e. The van der Waals surface area contributed by atoms with Crippen molar-refractivity contribution in [1.29, 1.82) is 0 Å². The van der Waals surface area contributed by atoms with Gasteiger partial charge in [0, 0.05) is 21.9 Å². The molecule has 202 valence electrons. The lowest BCUT2D eigenvalue weighted by molar-refractivity contribution is -0.120. The van der Waals surface area contributed by atoms with Gasteiger partial charge in [-0.2, -0.15) is 5.10 Å². The minimum atomic E-state index is -0.472. The number of nitrogens with zero attached hydrogens (tertiary/aromatic N) is 1. The van der Waals surface area contributed by atoms with Crippen molar-refractivity contribution in [3.8, 4) is 11.5 Å². The number of ether oxygens (including phenoxy) is 2. The molecule has 0 unspecified atom stereocenters. The standard InChI is InChI=1S/C28H32FN3O5S/c1-36-25-15-19(10-11-24(25)37-13-12-33)28(35)30-16-26(34)32-31-23(14-18-6-3-2-4-7-18)21-17-38-27-20(21)8-5-9-22(27)29/h5,8-11,15,17-18,33H,2-4,6-7,12-14,16H2,1H3,(H,30,35)(H,32,34)/b31-23+. The molecule has 1 heterocycles. The van der Waals surface area contributed by atoms with Gasteiger partial charge in [-0.15, -0.1) is 11.3 Å². The summed E-state index contributed by atoms with van der Waals surface area (Å²) in [5.74, 6) is -0.00421. The van der Waals surface area contributed by atoms with Crippen LogP contribution in [0.15, 0.2) is 46.9 Å². The molecule has 0 aliphatic heterocycles. The molecule has 10 heteroatoms. The highest BCUT2D eigenvalue weighted by molar-refractivity contribution is 7.17. The van der Waals surface area contributed by atoms with Crippen LogP contribution in [0.25, 0.3) is 10.1 Å². The van der Waals surface area contributed by atoms with Gasteiger partial charge in [-0.1, -0.05) is 44.2 Å². The van der Waals surface area contributed by atoms with E-state index < -0.39 is 11.8 Å². The Kier molecular flexibility index (Phi) is 9.67. The number of rotatable bonds is 11. The lowest BCUT2D eigenvalue weighted by Crippen LogP contribution is -2.35. The third kappa shape index (κ3) is 6.87. The highest BCUT2D eigenvalue weighted by atomic mass is 32.1. The van der Waals surface area contributed by atoms with Crippen molar-refractivity contribution in [2.45, 2.75) is 38.5 Å². The fraction of sp³-hybridized carbons (Fsp3) is 0.393. The molecule has 1 aliphatic rings. The van der Waals surface area contributed by atoms with Gasteiger partial charge in [0.2, 0.25) is 0 Å². The number of benzene rings is 2. The van der Waals surface area contributed by atoms with Crippen molar-refractivity contribution < 1.29 is 28.6 Å². The van der Waals surface area contributed by atoms with E-state index >= 15 is 0 Å². The lowest BCUT2D eigenvalue weighted by Gasteiger charge is -2.22.